The van der Waals surface area contributed by atoms with Crippen LogP contribution in [0.5, 0.6) is 0 Å². The van der Waals surface area contributed by atoms with Crippen LogP contribution in [0.1, 0.15) is 18.5 Å². The van der Waals surface area contributed by atoms with Gasteiger partial charge in [0.2, 0.25) is 5.91 Å². The maximum absolute atomic E-state index is 13.8. The van der Waals surface area contributed by atoms with Gasteiger partial charge >= 0.3 is 11.9 Å². The lowest BCUT2D eigenvalue weighted by atomic mass is 10.1. The predicted octanol–water partition coefficient (Wildman–Crippen LogP) is 3.57. The van der Waals surface area contributed by atoms with Gasteiger partial charge in [0.1, 0.15) is 29.7 Å². The van der Waals surface area contributed by atoms with Gasteiger partial charge in [-0.05, 0) is 6.92 Å². The third-order valence-electron chi connectivity index (χ3n) is 3.37. The van der Waals surface area contributed by atoms with Crippen molar-refractivity contribution in [3.05, 3.63) is 51.3 Å². The minimum absolute atomic E-state index is 0.529. The molecule has 0 bridgehead atoms. The van der Waals surface area contributed by atoms with Crippen LogP contribution in [0.15, 0.2) is 12.4 Å². The molecular weight excluding hydrogens is 393 g/mol. The maximum Gasteiger partial charge on any atom is 0.422 e. The molecule has 2 aromatic rings. The standard InChI is InChI=1S/C13H7F7N4O3/c1-4(23-3-5(2-21-23)24(26)27)12(25)22-11-9(16)7(14)6(13(18,19)20)8(15)10(11)17/h2-4H,1H3,(H,22,25). The number of hydrogen-bond acceptors (Lipinski definition) is 4. The molecule has 1 aromatic heterocycles. The highest BCUT2D eigenvalue weighted by atomic mass is 19.4. The number of amides is 1. The van der Waals surface area contributed by atoms with Crippen molar-refractivity contribution in [3.8, 4) is 0 Å². The lowest BCUT2D eigenvalue weighted by Crippen LogP contribution is -2.26. The van der Waals surface area contributed by atoms with Gasteiger partial charge in [0.25, 0.3) is 0 Å². The maximum atomic E-state index is 13.8. The van der Waals surface area contributed by atoms with E-state index in [1.54, 1.807) is 0 Å². The van der Waals surface area contributed by atoms with Crippen molar-refractivity contribution in [1.29, 1.82) is 0 Å². The average molecular weight is 400 g/mol. The highest BCUT2D eigenvalue weighted by molar-refractivity contribution is 5.93. The summed E-state index contributed by atoms with van der Waals surface area (Å²) in [6.07, 6.45) is -4.19. The molecule has 0 fully saturated rings. The van der Waals surface area contributed by atoms with E-state index in [1.165, 1.54) is 5.32 Å². The molecule has 0 saturated heterocycles. The third kappa shape index (κ3) is 3.68. The molecule has 0 radical (unpaired) electrons. The first-order chi connectivity index (χ1) is 12.4. The van der Waals surface area contributed by atoms with Gasteiger partial charge in [0, 0.05) is 0 Å². The molecule has 146 valence electrons. The van der Waals surface area contributed by atoms with Crippen molar-refractivity contribution in [2.75, 3.05) is 5.32 Å². The smallest absolute Gasteiger partial charge is 0.319 e. The monoisotopic (exact) mass is 400 g/mol. The summed E-state index contributed by atoms with van der Waals surface area (Å²) in [5, 5.41) is 15.4. The molecule has 0 aliphatic heterocycles. The van der Waals surface area contributed by atoms with E-state index in [1.807, 2.05) is 0 Å². The summed E-state index contributed by atoms with van der Waals surface area (Å²) in [4.78, 5) is 21.7. The fourth-order valence-electron chi connectivity index (χ4n) is 1.97. The van der Waals surface area contributed by atoms with Gasteiger partial charge in [-0.15, -0.1) is 0 Å². The fourth-order valence-corrected chi connectivity index (χ4v) is 1.97. The van der Waals surface area contributed by atoms with Crippen LogP contribution in [0.3, 0.4) is 0 Å². The number of carbonyl (C=O) groups is 1. The zero-order valence-electron chi connectivity index (χ0n) is 12.9. The minimum Gasteiger partial charge on any atom is -0.319 e. The van der Waals surface area contributed by atoms with E-state index in [2.05, 4.69) is 5.10 Å². The van der Waals surface area contributed by atoms with Crippen molar-refractivity contribution in [3.63, 3.8) is 0 Å². The van der Waals surface area contributed by atoms with Crippen LogP contribution in [0.2, 0.25) is 0 Å². The number of anilines is 1. The summed E-state index contributed by atoms with van der Waals surface area (Å²) in [7, 11) is 0. The first kappa shape index (κ1) is 20.1. The second-order valence-corrected chi connectivity index (χ2v) is 5.10. The van der Waals surface area contributed by atoms with Crippen LogP contribution in [0.4, 0.5) is 42.1 Å². The number of benzene rings is 1. The SMILES string of the molecule is CC(C(=O)Nc1c(F)c(F)c(C(F)(F)F)c(F)c1F)n1cc([N+](=O)[O-])cn1. The summed E-state index contributed by atoms with van der Waals surface area (Å²) in [5.41, 5.74) is -5.10. The molecule has 1 unspecified atom stereocenters. The Morgan fingerprint density at radius 3 is 2.11 bits per heavy atom. The number of nitrogens with one attached hydrogen (secondary N) is 1. The fraction of sp³-hybridized carbons (Fsp3) is 0.231. The van der Waals surface area contributed by atoms with Crippen LogP contribution in [0.25, 0.3) is 0 Å². The van der Waals surface area contributed by atoms with Gasteiger partial charge in [0.05, 0.1) is 4.92 Å². The van der Waals surface area contributed by atoms with Crippen LogP contribution in [0, 0.1) is 33.4 Å². The summed E-state index contributed by atoms with van der Waals surface area (Å²) in [6.45, 7) is 1.05. The molecule has 0 spiro atoms. The number of hydrogen-bond donors (Lipinski definition) is 1. The van der Waals surface area contributed by atoms with E-state index >= 15 is 0 Å². The Morgan fingerprint density at radius 2 is 1.70 bits per heavy atom. The number of carbonyl (C=O) groups excluding carboxylic acids is 1. The molecule has 0 aliphatic carbocycles. The molecule has 0 aliphatic rings. The third-order valence-corrected chi connectivity index (χ3v) is 3.37. The predicted molar refractivity (Wildman–Crippen MR) is 73.5 cm³/mol. The topological polar surface area (TPSA) is 90.1 Å². The van der Waals surface area contributed by atoms with Gasteiger partial charge in [0.15, 0.2) is 23.3 Å². The minimum atomic E-state index is -5.72. The Morgan fingerprint density at radius 1 is 1.19 bits per heavy atom. The van der Waals surface area contributed by atoms with Gasteiger partial charge in [-0.1, -0.05) is 0 Å². The highest BCUT2D eigenvalue weighted by Gasteiger charge is 2.42. The van der Waals surface area contributed by atoms with Crippen molar-refractivity contribution in [1.82, 2.24) is 9.78 Å². The van der Waals surface area contributed by atoms with Crippen LogP contribution in [-0.4, -0.2) is 20.6 Å². The van der Waals surface area contributed by atoms with Gasteiger partial charge < -0.3 is 5.32 Å². The number of aromatic nitrogens is 2. The Labute approximate surface area is 144 Å². The lowest BCUT2D eigenvalue weighted by molar-refractivity contribution is -0.385. The van der Waals surface area contributed by atoms with E-state index in [4.69, 9.17) is 0 Å². The number of alkyl halides is 3. The Hall–Kier alpha value is -3.19. The Balaban J connectivity index is 2.39. The zero-order valence-corrected chi connectivity index (χ0v) is 12.9. The van der Waals surface area contributed by atoms with E-state index in [0.29, 0.717) is 4.68 Å². The molecule has 14 heteroatoms. The second-order valence-electron chi connectivity index (χ2n) is 5.10. The van der Waals surface area contributed by atoms with E-state index in [0.717, 1.165) is 19.3 Å². The van der Waals surface area contributed by atoms with Crippen molar-refractivity contribution in [2.45, 2.75) is 19.1 Å². The molecule has 0 saturated carbocycles. The second kappa shape index (κ2) is 6.85. The number of rotatable bonds is 4. The Bertz CT molecular complexity index is 896. The van der Waals surface area contributed by atoms with Crippen LogP contribution in [-0.2, 0) is 11.0 Å². The van der Waals surface area contributed by atoms with E-state index < -0.39 is 63.3 Å². The van der Waals surface area contributed by atoms with Gasteiger partial charge in [-0.2, -0.15) is 18.3 Å². The summed E-state index contributed by atoms with van der Waals surface area (Å²) in [6, 6.07) is -1.47. The van der Waals surface area contributed by atoms with E-state index in [9.17, 15) is 45.6 Å². The molecule has 27 heavy (non-hydrogen) atoms. The molecular formula is C13H7F7N4O3. The van der Waals surface area contributed by atoms with Crippen molar-refractivity contribution < 1.29 is 40.5 Å². The molecule has 7 nitrogen and oxygen atoms in total. The number of nitro groups is 1. The summed E-state index contributed by atoms with van der Waals surface area (Å²) in [5.74, 6) is -11.8. The highest BCUT2D eigenvalue weighted by Crippen LogP contribution is 2.38. The van der Waals surface area contributed by atoms with Crippen molar-refractivity contribution in [2.24, 2.45) is 0 Å². The molecule has 1 amide bonds. The largest absolute Gasteiger partial charge is 0.422 e. The molecule has 1 N–H and O–H groups in total. The Kier molecular flexibility index (Phi) is 5.10. The molecule has 1 aromatic carbocycles. The normalized spacial score (nSPS) is 12.7. The number of halogens is 7. The summed E-state index contributed by atoms with van der Waals surface area (Å²) >= 11 is 0. The number of nitrogens with zero attached hydrogens (tertiary/aromatic N) is 3. The van der Waals surface area contributed by atoms with Crippen LogP contribution < -0.4 is 5.32 Å². The quantitative estimate of drug-likeness (QED) is 0.368. The average Bonchev–Trinajstić information content (AvgIpc) is 3.05. The van der Waals surface area contributed by atoms with Crippen LogP contribution >= 0.6 is 0 Å². The van der Waals surface area contributed by atoms with Gasteiger partial charge in [-0.25, -0.2) is 17.6 Å². The first-order valence-corrected chi connectivity index (χ1v) is 6.78. The van der Waals surface area contributed by atoms with Crippen molar-refractivity contribution >= 4 is 17.3 Å². The molecule has 1 heterocycles. The summed E-state index contributed by atoms with van der Waals surface area (Å²) < 4.78 is 92.8. The zero-order chi connectivity index (χ0) is 20.7. The van der Waals surface area contributed by atoms with E-state index in [-0.39, 0.29) is 0 Å². The molecule has 2 rings (SSSR count). The molecule has 1 atom stereocenters. The van der Waals surface area contributed by atoms with Gasteiger partial charge in [-0.3, -0.25) is 19.6 Å². The lowest BCUT2D eigenvalue weighted by Gasteiger charge is -2.16. The first-order valence-electron chi connectivity index (χ1n) is 6.78.